The minimum absolute atomic E-state index is 0.0546. The topological polar surface area (TPSA) is 60.3 Å². The second kappa shape index (κ2) is 6.93. The Kier molecular flexibility index (Phi) is 4.99. The highest BCUT2D eigenvalue weighted by atomic mass is 16.5. The maximum absolute atomic E-state index is 12.2. The molecule has 0 aliphatic heterocycles. The molecule has 1 heterocycles. The first kappa shape index (κ1) is 15.8. The Labute approximate surface area is 129 Å². The van der Waals surface area contributed by atoms with Crippen molar-refractivity contribution in [2.75, 3.05) is 7.11 Å². The van der Waals surface area contributed by atoms with Gasteiger partial charge in [0, 0.05) is 25.4 Å². The van der Waals surface area contributed by atoms with Gasteiger partial charge in [-0.2, -0.15) is 0 Å². The van der Waals surface area contributed by atoms with Gasteiger partial charge in [-0.25, -0.2) is 0 Å². The third kappa shape index (κ3) is 3.75. The zero-order chi connectivity index (χ0) is 16.1. The highest BCUT2D eigenvalue weighted by Gasteiger charge is 2.12. The van der Waals surface area contributed by atoms with Gasteiger partial charge in [0.1, 0.15) is 5.75 Å². The summed E-state index contributed by atoms with van der Waals surface area (Å²) in [6.45, 7) is 1.94. The van der Waals surface area contributed by atoms with Crippen molar-refractivity contribution in [3.63, 3.8) is 0 Å². The second-order valence-corrected chi connectivity index (χ2v) is 5.26. The van der Waals surface area contributed by atoms with Crippen LogP contribution < -0.4 is 15.6 Å². The lowest BCUT2D eigenvalue weighted by molar-refractivity contribution is 0.0939. The fourth-order valence-electron chi connectivity index (χ4n) is 2.29. The van der Waals surface area contributed by atoms with Gasteiger partial charge in [-0.05, 0) is 31.0 Å². The van der Waals surface area contributed by atoms with Crippen LogP contribution in [0.25, 0.3) is 0 Å². The van der Waals surface area contributed by atoms with Crippen LogP contribution >= 0.6 is 0 Å². The van der Waals surface area contributed by atoms with Crippen LogP contribution in [0, 0.1) is 0 Å². The SMILES string of the molecule is COc1ccccc1CC(C)NC(=O)c1ccc(=O)n(C)c1. The number of amides is 1. The third-order valence-electron chi connectivity index (χ3n) is 3.44. The minimum Gasteiger partial charge on any atom is -0.496 e. The van der Waals surface area contributed by atoms with E-state index in [1.165, 1.54) is 22.9 Å². The lowest BCUT2D eigenvalue weighted by Crippen LogP contribution is -2.34. The molecule has 0 fully saturated rings. The number of carbonyl (C=O) groups excluding carboxylic acids is 1. The molecule has 1 aromatic carbocycles. The van der Waals surface area contributed by atoms with Crippen LogP contribution in [0.4, 0.5) is 0 Å². The van der Waals surface area contributed by atoms with Gasteiger partial charge in [-0.1, -0.05) is 18.2 Å². The Morgan fingerprint density at radius 3 is 2.68 bits per heavy atom. The van der Waals surface area contributed by atoms with E-state index in [0.717, 1.165) is 11.3 Å². The van der Waals surface area contributed by atoms with Crippen LogP contribution in [0.3, 0.4) is 0 Å². The van der Waals surface area contributed by atoms with E-state index in [1.807, 2.05) is 31.2 Å². The Morgan fingerprint density at radius 2 is 2.00 bits per heavy atom. The molecule has 0 spiro atoms. The first-order valence-electron chi connectivity index (χ1n) is 7.10. The lowest BCUT2D eigenvalue weighted by atomic mass is 10.1. The predicted molar refractivity (Wildman–Crippen MR) is 85.3 cm³/mol. The molecule has 1 unspecified atom stereocenters. The predicted octanol–water partition coefficient (Wildman–Crippen LogP) is 1.75. The number of rotatable bonds is 5. The van der Waals surface area contributed by atoms with Crippen molar-refractivity contribution in [2.24, 2.45) is 7.05 Å². The van der Waals surface area contributed by atoms with Crippen molar-refractivity contribution in [1.82, 2.24) is 9.88 Å². The van der Waals surface area contributed by atoms with Gasteiger partial charge < -0.3 is 14.6 Å². The quantitative estimate of drug-likeness (QED) is 0.915. The standard InChI is InChI=1S/C17H20N2O3/c1-12(10-13-6-4-5-7-15(13)22-3)18-17(21)14-8-9-16(20)19(2)11-14/h4-9,11-12H,10H2,1-3H3,(H,18,21). The monoisotopic (exact) mass is 300 g/mol. The summed E-state index contributed by atoms with van der Waals surface area (Å²) in [5, 5.41) is 2.93. The number of pyridine rings is 1. The zero-order valence-electron chi connectivity index (χ0n) is 13.0. The largest absolute Gasteiger partial charge is 0.496 e. The van der Waals surface area contributed by atoms with Crippen LogP contribution in [0.15, 0.2) is 47.4 Å². The number of ether oxygens (including phenoxy) is 1. The normalized spacial score (nSPS) is 11.8. The number of nitrogens with one attached hydrogen (secondary N) is 1. The van der Waals surface area contributed by atoms with E-state index >= 15 is 0 Å². The molecule has 1 aromatic heterocycles. The van der Waals surface area contributed by atoms with Gasteiger partial charge in [0.25, 0.3) is 5.91 Å². The van der Waals surface area contributed by atoms with E-state index < -0.39 is 0 Å². The fourth-order valence-corrected chi connectivity index (χ4v) is 2.29. The number of nitrogens with zero attached hydrogens (tertiary/aromatic N) is 1. The van der Waals surface area contributed by atoms with Crippen molar-refractivity contribution in [3.8, 4) is 5.75 Å². The number of methoxy groups -OCH3 is 1. The molecule has 1 N–H and O–H groups in total. The number of hydrogen-bond donors (Lipinski definition) is 1. The number of hydrogen-bond acceptors (Lipinski definition) is 3. The molecule has 2 aromatic rings. The molecular formula is C17H20N2O3. The summed E-state index contributed by atoms with van der Waals surface area (Å²) < 4.78 is 6.70. The Balaban J connectivity index is 2.05. The van der Waals surface area contributed by atoms with E-state index in [1.54, 1.807) is 14.2 Å². The second-order valence-electron chi connectivity index (χ2n) is 5.26. The fraction of sp³-hybridized carbons (Fsp3) is 0.294. The van der Waals surface area contributed by atoms with Gasteiger partial charge in [0.05, 0.1) is 12.7 Å². The summed E-state index contributed by atoms with van der Waals surface area (Å²) in [6.07, 6.45) is 2.20. The molecule has 116 valence electrons. The minimum atomic E-state index is -0.196. The van der Waals surface area contributed by atoms with Crippen LogP contribution in [0.5, 0.6) is 5.75 Å². The van der Waals surface area contributed by atoms with Gasteiger partial charge in [0.2, 0.25) is 5.56 Å². The van der Waals surface area contributed by atoms with E-state index in [0.29, 0.717) is 12.0 Å². The molecule has 22 heavy (non-hydrogen) atoms. The Hall–Kier alpha value is -2.56. The molecule has 0 radical (unpaired) electrons. The van der Waals surface area contributed by atoms with Crippen LogP contribution in [-0.2, 0) is 13.5 Å². The Morgan fingerprint density at radius 1 is 1.27 bits per heavy atom. The highest BCUT2D eigenvalue weighted by Crippen LogP contribution is 2.18. The smallest absolute Gasteiger partial charge is 0.252 e. The van der Waals surface area contributed by atoms with Crippen LogP contribution in [-0.4, -0.2) is 23.6 Å². The summed E-state index contributed by atoms with van der Waals surface area (Å²) in [5.74, 6) is 0.615. The van der Waals surface area contributed by atoms with E-state index in [-0.39, 0.29) is 17.5 Å². The van der Waals surface area contributed by atoms with Crippen molar-refractivity contribution in [1.29, 1.82) is 0 Å². The number of para-hydroxylation sites is 1. The Bertz CT molecular complexity index is 722. The van der Waals surface area contributed by atoms with Gasteiger partial charge in [-0.15, -0.1) is 0 Å². The van der Waals surface area contributed by atoms with E-state index in [2.05, 4.69) is 5.32 Å². The average Bonchev–Trinajstić information content (AvgIpc) is 2.50. The molecule has 0 aliphatic rings. The molecule has 1 atom stereocenters. The van der Waals surface area contributed by atoms with Gasteiger partial charge >= 0.3 is 0 Å². The van der Waals surface area contributed by atoms with E-state index in [9.17, 15) is 9.59 Å². The number of aryl methyl sites for hydroxylation is 1. The molecule has 0 saturated carbocycles. The molecule has 1 amide bonds. The number of aromatic nitrogens is 1. The molecular weight excluding hydrogens is 280 g/mol. The maximum atomic E-state index is 12.2. The van der Waals surface area contributed by atoms with Crippen molar-refractivity contribution >= 4 is 5.91 Å². The first-order chi connectivity index (χ1) is 10.5. The number of carbonyl (C=O) groups is 1. The lowest BCUT2D eigenvalue weighted by Gasteiger charge is -2.16. The van der Waals surface area contributed by atoms with Gasteiger partial charge in [0.15, 0.2) is 0 Å². The summed E-state index contributed by atoms with van der Waals surface area (Å²) in [5.41, 5.74) is 1.37. The van der Waals surface area contributed by atoms with Crippen molar-refractivity contribution in [2.45, 2.75) is 19.4 Å². The molecule has 0 saturated heterocycles. The molecule has 0 aliphatic carbocycles. The van der Waals surface area contributed by atoms with Crippen molar-refractivity contribution < 1.29 is 9.53 Å². The molecule has 5 heteroatoms. The van der Waals surface area contributed by atoms with Crippen LogP contribution in [0.1, 0.15) is 22.8 Å². The summed E-state index contributed by atoms with van der Waals surface area (Å²) >= 11 is 0. The highest BCUT2D eigenvalue weighted by molar-refractivity contribution is 5.94. The zero-order valence-corrected chi connectivity index (χ0v) is 13.0. The number of benzene rings is 1. The summed E-state index contributed by atoms with van der Waals surface area (Å²) in [4.78, 5) is 23.6. The van der Waals surface area contributed by atoms with Gasteiger partial charge in [-0.3, -0.25) is 9.59 Å². The van der Waals surface area contributed by atoms with Crippen LogP contribution in [0.2, 0.25) is 0 Å². The average molecular weight is 300 g/mol. The molecule has 0 bridgehead atoms. The summed E-state index contributed by atoms with van der Waals surface area (Å²) in [7, 11) is 3.25. The molecule has 2 rings (SSSR count). The molecule has 5 nitrogen and oxygen atoms in total. The maximum Gasteiger partial charge on any atom is 0.252 e. The summed E-state index contributed by atoms with van der Waals surface area (Å²) in [6, 6.07) is 10.6. The third-order valence-corrected chi connectivity index (χ3v) is 3.44. The van der Waals surface area contributed by atoms with E-state index in [4.69, 9.17) is 4.74 Å². The van der Waals surface area contributed by atoms with Crippen molar-refractivity contribution in [3.05, 3.63) is 64.1 Å². The first-order valence-corrected chi connectivity index (χ1v) is 7.10.